The summed E-state index contributed by atoms with van der Waals surface area (Å²) >= 11 is 5.86. The molecule has 6 nitrogen and oxygen atoms in total. The zero-order valence-electron chi connectivity index (χ0n) is 10.7. The molecule has 1 atom stereocenters. The minimum Gasteiger partial charge on any atom is -0.308 e. The molecular formula is C10H16ClN2O4PS. The van der Waals surface area contributed by atoms with Crippen molar-refractivity contribution >= 4 is 28.9 Å². The number of nitrogens with zero attached hydrogens (tertiary/aromatic N) is 1. The minimum atomic E-state index is -3.59. The molecule has 0 aliphatic rings. The van der Waals surface area contributed by atoms with Crippen molar-refractivity contribution in [2.45, 2.75) is 18.9 Å². The van der Waals surface area contributed by atoms with E-state index < -0.39 is 22.8 Å². The van der Waals surface area contributed by atoms with Crippen LogP contribution in [-0.4, -0.2) is 27.9 Å². The molecule has 0 aromatic carbocycles. The van der Waals surface area contributed by atoms with Gasteiger partial charge in [-0.05, 0) is 26.0 Å². The van der Waals surface area contributed by atoms with Crippen LogP contribution in [0.4, 0.5) is 0 Å². The Morgan fingerprint density at radius 2 is 2.00 bits per heavy atom. The Balaban J connectivity index is 3.08. The molecule has 1 aromatic rings. The van der Waals surface area contributed by atoms with Gasteiger partial charge in [0.1, 0.15) is 15.2 Å². The number of rotatable bonds is 7. The first-order chi connectivity index (χ1) is 8.84. The zero-order valence-corrected chi connectivity index (χ0v) is 13.1. The number of hydrogen-bond acceptors (Lipinski definition) is 6. The molecule has 108 valence electrons. The lowest BCUT2D eigenvalue weighted by Gasteiger charge is -2.18. The summed E-state index contributed by atoms with van der Waals surface area (Å²) in [7, 11) is -7.04. The largest absolute Gasteiger partial charge is 0.344 e. The number of aromatic nitrogens is 1. The molecule has 0 saturated carbocycles. The summed E-state index contributed by atoms with van der Waals surface area (Å²) in [5.74, 6) is 0. The van der Waals surface area contributed by atoms with Gasteiger partial charge in [-0.3, -0.25) is 4.57 Å². The summed E-state index contributed by atoms with van der Waals surface area (Å²) in [4.78, 5) is 3.83. The lowest BCUT2D eigenvalue weighted by molar-refractivity contribution is 0.224. The molecule has 0 spiro atoms. The van der Waals surface area contributed by atoms with E-state index in [2.05, 4.69) is 4.98 Å². The molecule has 1 rings (SSSR count). The first-order valence-electron chi connectivity index (χ1n) is 5.60. The third kappa shape index (κ3) is 4.54. The van der Waals surface area contributed by atoms with Gasteiger partial charge in [-0.2, -0.15) is 0 Å². The highest BCUT2D eigenvalue weighted by atomic mass is 35.5. The van der Waals surface area contributed by atoms with Crippen molar-refractivity contribution in [3.63, 3.8) is 0 Å². The molecule has 0 bridgehead atoms. The monoisotopic (exact) mass is 326 g/mol. The number of hydrogen-bond donors (Lipinski definition) is 1. The molecule has 1 heterocycles. The third-order valence-electron chi connectivity index (χ3n) is 2.03. The Kier molecular flexibility index (Phi) is 5.95. The molecule has 0 radical (unpaired) electrons. The molecule has 0 saturated heterocycles. The van der Waals surface area contributed by atoms with E-state index in [0.717, 1.165) is 0 Å². The highest BCUT2D eigenvalue weighted by molar-refractivity contribution is 7.98. The van der Waals surface area contributed by atoms with Gasteiger partial charge < -0.3 is 9.05 Å². The van der Waals surface area contributed by atoms with E-state index in [9.17, 15) is 8.77 Å². The summed E-state index contributed by atoms with van der Waals surface area (Å²) in [5.41, 5.74) is -0.557. The van der Waals surface area contributed by atoms with E-state index in [1.807, 2.05) is 0 Å². The molecule has 0 fully saturated rings. The SMILES string of the molecule is CCOP(=O)(CS(=N)(=O)c1ncccc1Cl)OCC. The molecule has 9 heteroatoms. The van der Waals surface area contributed by atoms with Crippen molar-refractivity contribution in [1.82, 2.24) is 4.98 Å². The van der Waals surface area contributed by atoms with Gasteiger partial charge in [-0.25, -0.2) is 14.0 Å². The topological polar surface area (TPSA) is 89.3 Å². The van der Waals surface area contributed by atoms with E-state index >= 15 is 0 Å². The van der Waals surface area contributed by atoms with Crippen LogP contribution in [0.15, 0.2) is 23.4 Å². The van der Waals surface area contributed by atoms with Crippen LogP contribution in [0.3, 0.4) is 0 Å². The van der Waals surface area contributed by atoms with E-state index in [4.69, 9.17) is 25.4 Å². The smallest absolute Gasteiger partial charge is 0.308 e. The summed E-state index contributed by atoms with van der Waals surface area (Å²) in [6, 6.07) is 3.04. The zero-order chi connectivity index (χ0) is 14.5. The van der Waals surface area contributed by atoms with Crippen LogP contribution in [0.25, 0.3) is 0 Å². The maximum Gasteiger partial charge on any atom is 0.344 e. The Morgan fingerprint density at radius 1 is 1.42 bits per heavy atom. The van der Waals surface area contributed by atoms with Crippen molar-refractivity contribution in [1.29, 1.82) is 4.78 Å². The number of halogens is 1. The fraction of sp³-hybridized carbons (Fsp3) is 0.500. The van der Waals surface area contributed by atoms with Crippen molar-refractivity contribution in [3.05, 3.63) is 23.4 Å². The van der Waals surface area contributed by atoms with Crippen molar-refractivity contribution in [2.75, 3.05) is 18.7 Å². The van der Waals surface area contributed by atoms with Crippen LogP contribution in [0.2, 0.25) is 5.02 Å². The normalized spacial score (nSPS) is 15.1. The van der Waals surface area contributed by atoms with Gasteiger partial charge in [-0.15, -0.1) is 0 Å². The first-order valence-corrected chi connectivity index (χ1v) is 9.43. The van der Waals surface area contributed by atoms with Gasteiger partial charge in [0.2, 0.25) is 0 Å². The first kappa shape index (κ1) is 16.6. The van der Waals surface area contributed by atoms with Gasteiger partial charge in [0.15, 0.2) is 5.03 Å². The van der Waals surface area contributed by atoms with Gasteiger partial charge in [-0.1, -0.05) is 11.6 Å². The Hall–Kier alpha value is -0.460. The molecule has 1 N–H and O–H groups in total. The van der Waals surface area contributed by atoms with Crippen molar-refractivity contribution in [2.24, 2.45) is 0 Å². The van der Waals surface area contributed by atoms with E-state index in [0.29, 0.717) is 0 Å². The van der Waals surface area contributed by atoms with Gasteiger partial charge >= 0.3 is 7.60 Å². The van der Waals surface area contributed by atoms with Gasteiger partial charge in [0, 0.05) is 6.20 Å². The van der Waals surface area contributed by atoms with E-state index in [1.165, 1.54) is 12.3 Å². The summed E-state index contributed by atoms with van der Waals surface area (Å²) in [6.45, 7) is 3.57. The quantitative estimate of drug-likeness (QED) is 0.776. The van der Waals surface area contributed by atoms with Crippen LogP contribution in [0, 0.1) is 4.78 Å². The second-order valence-corrected chi connectivity index (χ2v) is 8.46. The molecule has 19 heavy (non-hydrogen) atoms. The second kappa shape index (κ2) is 6.81. The lowest BCUT2D eigenvalue weighted by Crippen LogP contribution is -2.11. The Labute approximate surface area is 118 Å². The molecule has 0 amide bonds. The maximum atomic E-state index is 12.4. The summed E-state index contributed by atoms with van der Waals surface area (Å²) in [6.07, 6.45) is 1.38. The van der Waals surface area contributed by atoms with Crippen LogP contribution in [0.1, 0.15) is 13.8 Å². The minimum absolute atomic E-state index is 0.0991. The molecule has 1 aromatic heterocycles. The second-order valence-electron chi connectivity index (χ2n) is 3.54. The fourth-order valence-electron chi connectivity index (χ4n) is 1.40. The highest BCUT2D eigenvalue weighted by Gasteiger charge is 2.32. The third-order valence-corrected chi connectivity index (χ3v) is 7.42. The van der Waals surface area contributed by atoms with E-state index in [1.54, 1.807) is 19.9 Å². The number of pyridine rings is 1. The van der Waals surface area contributed by atoms with Crippen LogP contribution in [0.5, 0.6) is 0 Å². The highest BCUT2D eigenvalue weighted by Crippen LogP contribution is 2.50. The Morgan fingerprint density at radius 3 is 2.47 bits per heavy atom. The standard InChI is InChI=1S/C10H16ClN2O4PS/c1-3-16-18(14,17-4-2)8-19(12,15)10-9(11)6-5-7-13-10/h5-7,12H,3-4,8H2,1-2H3. The van der Waals surface area contributed by atoms with Crippen molar-refractivity contribution < 1.29 is 17.8 Å². The number of nitrogens with one attached hydrogen (secondary N) is 1. The maximum absolute atomic E-state index is 12.4. The van der Waals surface area contributed by atoms with Crippen LogP contribution in [-0.2, 0) is 23.3 Å². The lowest BCUT2D eigenvalue weighted by atomic mass is 10.5. The van der Waals surface area contributed by atoms with Crippen LogP contribution >= 0.6 is 19.2 Å². The average Bonchev–Trinajstić information content (AvgIpc) is 2.28. The van der Waals surface area contributed by atoms with E-state index in [-0.39, 0.29) is 23.3 Å². The molecule has 1 unspecified atom stereocenters. The average molecular weight is 327 g/mol. The molecule has 0 aliphatic heterocycles. The predicted molar refractivity (Wildman–Crippen MR) is 74.1 cm³/mol. The predicted octanol–water partition coefficient (Wildman–Crippen LogP) is 3.36. The fourth-order valence-corrected chi connectivity index (χ4v) is 6.24. The molecule has 0 aliphatic carbocycles. The van der Waals surface area contributed by atoms with Gasteiger partial charge in [0.25, 0.3) is 0 Å². The summed E-state index contributed by atoms with van der Waals surface area (Å²) in [5, 5.41) is -0.00153. The Bertz CT molecular complexity index is 569. The summed E-state index contributed by atoms with van der Waals surface area (Å²) < 4.78 is 42.6. The molecular weight excluding hydrogens is 311 g/mol. The van der Waals surface area contributed by atoms with Crippen LogP contribution < -0.4 is 0 Å². The van der Waals surface area contributed by atoms with Gasteiger partial charge in [0.05, 0.1) is 18.2 Å². The van der Waals surface area contributed by atoms with Crippen molar-refractivity contribution in [3.8, 4) is 0 Å².